The van der Waals surface area contributed by atoms with Gasteiger partial charge < -0.3 is 9.64 Å². The van der Waals surface area contributed by atoms with Gasteiger partial charge in [-0.05, 0) is 29.3 Å². The zero-order valence-corrected chi connectivity index (χ0v) is 12.0. The third-order valence-corrected chi connectivity index (χ3v) is 3.49. The molecule has 0 atom stereocenters. The van der Waals surface area contributed by atoms with E-state index in [2.05, 4.69) is 10.2 Å². The van der Waals surface area contributed by atoms with Crippen LogP contribution in [0, 0.1) is 0 Å². The predicted octanol–water partition coefficient (Wildman–Crippen LogP) is 2.47. The summed E-state index contributed by atoms with van der Waals surface area (Å²) in [5, 5.41) is 7.64. The van der Waals surface area contributed by atoms with Crippen molar-refractivity contribution >= 4 is 28.8 Å². The number of hydrogen-bond donors (Lipinski definition) is 0. The molecule has 2 rings (SSSR count). The van der Waals surface area contributed by atoms with Crippen LogP contribution in [-0.2, 0) is 6.54 Å². The van der Waals surface area contributed by atoms with Crippen molar-refractivity contribution in [2.75, 3.05) is 14.2 Å². The lowest BCUT2D eigenvalue weighted by molar-refractivity contribution is 0.0783. The summed E-state index contributed by atoms with van der Waals surface area (Å²) in [6, 6.07) is 7.56. The number of halogens is 1. The number of aromatic nitrogens is 2. The van der Waals surface area contributed by atoms with Crippen molar-refractivity contribution in [2.24, 2.45) is 0 Å². The highest BCUT2D eigenvalue weighted by Gasteiger charge is 2.17. The number of benzene rings is 1. The maximum atomic E-state index is 12.1. The molecule has 1 aromatic heterocycles. The van der Waals surface area contributed by atoms with Crippen LogP contribution < -0.4 is 4.74 Å². The van der Waals surface area contributed by atoms with Gasteiger partial charge in [-0.1, -0.05) is 23.5 Å². The smallest absolute Gasteiger partial charge is 0.284 e. The van der Waals surface area contributed by atoms with E-state index in [4.69, 9.17) is 16.3 Å². The van der Waals surface area contributed by atoms with E-state index in [1.165, 1.54) is 0 Å². The van der Waals surface area contributed by atoms with Gasteiger partial charge in [0.05, 0.1) is 7.11 Å². The Morgan fingerprint density at radius 3 is 2.89 bits per heavy atom. The van der Waals surface area contributed by atoms with Crippen LogP contribution in [0.1, 0.15) is 15.4 Å². The molecule has 1 amide bonds. The molecule has 0 spiro atoms. The number of carbonyl (C=O) groups excluding carboxylic acids is 1. The van der Waals surface area contributed by atoms with Gasteiger partial charge in [-0.2, -0.15) is 0 Å². The lowest BCUT2D eigenvalue weighted by Gasteiger charge is -2.15. The molecule has 1 aromatic carbocycles. The van der Waals surface area contributed by atoms with Crippen molar-refractivity contribution in [2.45, 2.75) is 6.54 Å². The third kappa shape index (κ3) is 3.42. The highest BCUT2D eigenvalue weighted by atomic mass is 35.5. The molecule has 19 heavy (non-hydrogen) atoms. The summed E-state index contributed by atoms with van der Waals surface area (Å²) in [4.78, 5) is 13.6. The molecule has 5 nitrogen and oxygen atoms in total. The van der Waals surface area contributed by atoms with E-state index < -0.39 is 0 Å². The summed E-state index contributed by atoms with van der Waals surface area (Å²) in [6.07, 6.45) is 0. The normalized spacial score (nSPS) is 10.3. The van der Waals surface area contributed by atoms with E-state index in [1.807, 2.05) is 24.3 Å². The Labute approximate surface area is 119 Å². The second-order valence-corrected chi connectivity index (χ2v) is 5.43. The van der Waals surface area contributed by atoms with Crippen LogP contribution in [0.5, 0.6) is 5.75 Å². The van der Waals surface area contributed by atoms with Crippen molar-refractivity contribution in [3.63, 3.8) is 0 Å². The average molecular weight is 298 g/mol. The van der Waals surface area contributed by atoms with Crippen LogP contribution in [0.4, 0.5) is 0 Å². The lowest BCUT2D eigenvalue weighted by atomic mass is 10.2. The molecule has 1 heterocycles. The molecule has 0 aliphatic rings. The molecule has 0 bridgehead atoms. The van der Waals surface area contributed by atoms with Gasteiger partial charge in [-0.25, -0.2) is 0 Å². The van der Waals surface area contributed by atoms with Crippen molar-refractivity contribution < 1.29 is 9.53 Å². The van der Waals surface area contributed by atoms with Crippen LogP contribution in [0.3, 0.4) is 0 Å². The first-order valence-corrected chi connectivity index (χ1v) is 6.67. The first-order valence-electron chi connectivity index (χ1n) is 5.47. The predicted molar refractivity (Wildman–Crippen MR) is 73.7 cm³/mol. The van der Waals surface area contributed by atoms with Crippen LogP contribution in [0.25, 0.3) is 0 Å². The van der Waals surface area contributed by atoms with Crippen LogP contribution in [-0.4, -0.2) is 35.2 Å². The lowest BCUT2D eigenvalue weighted by Crippen LogP contribution is -2.26. The van der Waals surface area contributed by atoms with Crippen molar-refractivity contribution in [1.82, 2.24) is 15.1 Å². The molecule has 0 aliphatic heterocycles. The molecule has 2 aromatic rings. The molecule has 0 saturated heterocycles. The van der Waals surface area contributed by atoms with Crippen molar-refractivity contribution in [1.29, 1.82) is 0 Å². The quantitative estimate of drug-likeness (QED) is 0.870. The minimum atomic E-state index is -0.202. The monoisotopic (exact) mass is 297 g/mol. The number of carbonyl (C=O) groups is 1. The fraction of sp³-hybridized carbons (Fsp3) is 0.250. The Morgan fingerprint density at radius 2 is 2.26 bits per heavy atom. The number of nitrogens with zero attached hydrogens (tertiary/aromatic N) is 3. The Bertz CT molecular complexity index is 588. The van der Waals surface area contributed by atoms with Crippen molar-refractivity contribution in [3.8, 4) is 5.75 Å². The number of ether oxygens (including phenoxy) is 1. The summed E-state index contributed by atoms with van der Waals surface area (Å²) in [5.74, 6) is 0.560. The van der Waals surface area contributed by atoms with Crippen molar-refractivity contribution in [3.05, 3.63) is 39.3 Å². The van der Waals surface area contributed by atoms with Crippen LogP contribution in [0.2, 0.25) is 4.47 Å². The van der Waals surface area contributed by atoms with Gasteiger partial charge in [0.1, 0.15) is 5.75 Å². The maximum Gasteiger partial charge on any atom is 0.284 e. The highest BCUT2D eigenvalue weighted by Crippen LogP contribution is 2.18. The van der Waals surface area contributed by atoms with Gasteiger partial charge in [-0.15, -0.1) is 10.2 Å². The number of rotatable bonds is 4. The van der Waals surface area contributed by atoms with E-state index in [0.717, 1.165) is 22.6 Å². The molecule has 0 N–H and O–H groups in total. The summed E-state index contributed by atoms with van der Waals surface area (Å²) in [5.41, 5.74) is 0.978. The van der Waals surface area contributed by atoms with E-state index in [9.17, 15) is 4.79 Å². The Morgan fingerprint density at radius 1 is 1.47 bits per heavy atom. The van der Waals surface area contributed by atoms with Gasteiger partial charge in [0.2, 0.25) is 9.47 Å². The third-order valence-electron chi connectivity index (χ3n) is 2.48. The Kier molecular flexibility index (Phi) is 4.34. The largest absolute Gasteiger partial charge is 0.497 e. The van der Waals surface area contributed by atoms with E-state index in [1.54, 1.807) is 19.1 Å². The van der Waals surface area contributed by atoms with Gasteiger partial charge in [0.25, 0.3) is 5.91 Å². The second kappa shape index (κ2) is 5.99. The molecular weight excluding hydrogens is 286 g/mol. The molecule has 0 saturated carbocycles. The zero-order chi connectivity index (χ0) is 13.8. The van der Waals surface area contributed by atoms with Gasteiger partial charge in [-0.3, -0.25) is 4.79 Å². The maximum absolute atomic E-state index is 12.1. The standard InChI is InChI=1S/C12H12ClN3O2S/c1-16(11(17)10-14-15-12(13)19-10)7-8-4-3-5-9(6-8)18-2/h3-6H,7H2,1-2H3. The van der Waals surface area contributed by atoms with E-state index in [0.29, 0.717) is 6.54 Å². The molecule has 0 unspecified atom stereocenters. The molecule has 100 valence electrons. The average Bonchev–Trinajstić information content (AvgIpc) is 2.84. The molecule has 0 radical (unpaired) electrons. The fourth-order valence-corrected chi connectivity index (χ4v) is 2.39. The summed E-state index contributed by atoms with van der Waals surface area (Å²) in [7, 11) is 3.31. The van der Waals surface area contributed by atoms with E-state index >= 15 is 0 Å². The summed E-state index contributed by atoms with van der Waals surface area (Å²) < 4.78 is 5.41. The first-order chi connectivity index (χ1) is 9.10. The number of methoxy groups -OCH3 is 1. The minimum absolute atomic E-state index is 0.202. The molecule has 0 aliphatic carbocycles. The van der Waals surface area contributed by atoms with Gasteiger partial charge in [0, 0.05) is 13.6 Å². The second-order valence-electron chi connectivity index (χ2n) is 3.87. The molecular formula is C12H12ClN3O2S. The number of amides is 1. The highest BCUT2D eigenvalue weighted by molar-refractivity contribution is 7.17. The van der Waals surface area contributed by atoms with Crippen LogP contribution >= 0.6 is 22.9 Å². The Hall–Kier alpha value is -1.66. The Balaban J connectivity index is 2.07. The van der Waals surface area contributed by atoms with E-state index in [-0.39, 0.29) is 15.4 Å². The topological polar surface area (TPSA) is 55.3 Å². The summed E-state index contributed by atoms with van der Waals surface area (Å²) in [6.45, 7) is 0.466. The first kappa shape index (κ1) is 13.8. The molecule has 0 fully saturated rings. The fourth-order valence-electron chi connectivity index (χ4n) is 1.57. The number of hydrogen-bond acceptors (Lipinski definition) is 5. The summed E-state index contributed by atoms with van der Waals surface area (Å²) >= 11 is 6.74. The zero-order valence-electron chi connectivity index (χ0n) is 10.5. The SMILES string of the molecule is COc1cccc(CN(C)C(=O)c2nnc(Cl)s2)c1. The van der Waals surface area contributed by atoms with Crippen LogP contribution in [0.15, 0.2) is 24.3 Å². The minimum Gasteiger partial charge on any atom is -0.497 e. The van der Waals surface area contributed by atoms with Gasteiger partial charge in [0.15, 0.2) is 0 Å². The van der Waals surface area contributed by atoms with Gasteiger partial charge >= 0.3 is 0 Å². The molecule has 7 heteroatoms.